The summed E-state index contributed by atoms with van der Waals surface area (Å²) in [4.78, 5) is 31.0. The highest BCUT2D eigenvalue weighted by atomic mass is 17.0. The quantitative estimate of drug-likeness (QED) is 0.0662. The first kappa shape index (κ1) is 44.2. The minimum atomic E-state index is -0.519. The van der Waals surface area contributed by atoms with Gasteiger partial charge in [-0.05, 0) is 171 Å². The molecule has 0 aliphatic carbocycles. The third kappa shape index (κ3) is 11.1. The number of hydrogen-bond donors (Lipinski definition) is 2. The van der Waals surface area contributed by atoms with Gasteiger partial charge in [0.2, 0.25) is 0 Å². The number of aromatic nitrogens is 2. The second-order valence-corrected chi connectivity index (χ2v) is 17.9. The van der Waals surface area contributed by atoms with E-state index < -0.39 is 11.2 Å². The molecule has 0 saturated heterocycles. The van der Waals surface area contributed by atoms with Gasteiger partial charge in [-0.15, -0.1) is 0 Å². The lowest BCUT2D eigenvalue weighted by Crippen LogP contribution is -2.29. The molecule has 0 radical (unpaired) electrons. The van der Waals surface area contributed by atoms with E-state index >= 15 is 0 Å². The molecule has 0 spiro atoms. The average molecular weight is 819 g/mol. The van der Waals surface area contributed by atoms with Crippen LogP contribution >= 0.6 is 0 Å². The maximum Gasteiger partial charge on any atom is 0.477 e. The molecule has 2 aromatic heterocycles. The molecule has 6 rings (SSSR count). The number of unbranched alkanes of at least 4 members (excludes halogenated alkanes) is 4. The topological polar surface area (TPSA) is 123 Å². The minimum absolute atomic E-state index is 0.216. The Morgan fingerprint density at radius 3 is 1.37 bits per heavy atom. The largest absolute Gasteiger partial charge is 0.507 e. The summed E-state index contributed by atoms with van der Waals surface area (Å²) in [5, 5.41) is 22.7. The summed E-state index contributed by atoms with van der Waals surface area (Å²) in [6.07, 6.45) is 18.6. The molecule has 0 amide bonds. The van der Waals surface area contributed by atoms with Gasteiger partial charge in [0, 0.05) is 24.8 Å². The van der Waals surface area contributed by atoms with Crippen molar-refractivity contribution in [1.29, 1.82) is 0 Å². The second-order valence-electron chi connectivity index (χ2n) is 17.9. The second kappa shape index (κ2) is 19.3. The Labute approximate surface area is 356 Å². The van der Waals surface area contributed by atoms with Crippen LogP contribution in [-0.4, -0.2) is 49.7 Å². The van der Waals surface area contributed by atoms with Crippen LogP contribution in [0.2, 0.25) is 0 Å². The van der Waals surface area contributed by atoms with Crippen molar-refractivity contribution in [3.63, 3.8) is 0 Å². The van der Waals surface area contributed by atoms with Crippen LogP contribution in [0.1, 0.15) is 152 Å². The lowest BCUT2D eigenvalue weighted by molar-refractivity contribution is -0.981. The number of nitrogens with zero attached hydrogens (tertiary/aromatic N) is 3. The van der Waals surface area contributed by atoms with E-state index in [-0.39, 0.29) is 28.4 Å². The number of aromatic hydroxyl groups is 2. The van der Waals surface area contributed by atoms with E-state index in [0.29, 0.717) is 36.5 Å². The van der Waals surface area contributed by atoms with Crippen molar-refractivity contribution in [2.75, 3.05) is 13.2 Å². The maximum absolute atomic E-state index is 12.2. The highest BCUT2D eigenvalue weighted by molar-refractivity contribution is 5.88. The van der Waals surface area contributed by atoms with Crippen molar-refractivity contribution in [2.45, 2.75) is 130 Å². The van der Waals surface area contributed by atoms with Crippen LogP contribution in [-0.2, 0) is 9.68 Å². The SMILES string of the molecule is CC(CCCCCO[N+](=O)OCCCCCC(C)C(C)c1cc(O)c2c(c1)OC(C)(C)C=C2c1ccncc1)C(C)c1cc(O)c2c(c1)OC(C)(C)C=C2c1ccncc1. The van der Waals surface area contributed by atoms with E-state index in [4.69, 9.17) is 19.1 Å². The number of phenolic OH excluding ortho intramolecular Hbond substituents is 2. The normalized spacial score (nSPS) is 17.0. The molecule has 320 valence electrons. The Morgan fingerprint density at radius 2 is 0.983 bits per heavy atom. The third-order valence-corrected chi connectivity index (χ3v) is 12.2. The fourth-order valence-electron chi connectivity index (χ4n) is 8.42. The van der Waals surface area contributed by atoms with Gasteiger partial charge in [-0.3, -0.25) is 9.97 Å². The zero-order chi connectivity index (χ0) is 43.0. The first-order chi connectivity index (χ1) is 28.6. The fraction of sp³-hybridized carbons (Fsp3) is 0.480. The maximum atomic E-state index is 12.2. The van der Waals surface area contributed by atoms with Gasteiger partial charge in [0.05, 0.1) is 11.1 Å². The molecule has 4 atom stereocenters. The fourth-order valence-corrected chi connectivity index (χ4v) is 8.42. The Bertz CT molecular complexity index is 2000. The Morgan fingerprint density at radius 1 is 0.600 bits per heavy atom. The van der Waals surface area contributed by atoms with Crippen molar-refractivity contribution in [1.82, 2.24) is 9.97 Å². The molecule has 4 unspecified atom stereocenters. The lowest BCUT2D eigenvalue weighted by Gasteiger charge is -2.33. The lowest BCUT2D eigenvalue weighted by atomic mass is 9.83. The molecule has 2 aliphatic rings. The molecular formula is C50H64N3O7+. The third-order valence-electron chi connectivity index (χ3n) is 12.2. The first-order valence-electron chi connectivity index (χ1n) is 21.7. The van der Waals surface area contributed by atoms with E-state index in [9.17, 15) is 15.1 Å². The van der Waals surface area contributed by atoms with Crippen molar-refractivity contribution in [3.8, 4) is 23.0 Å². The van der Waals surface area contributed by atoms with E-state index in [0.717, 1.165) is 95.9 Å². The van der Waals surface area contributed by atoms with Gasteiger partial charge >= 0.3 is 5.09 Å². The zero-order valence-electron chi connectivity index (χ0n) is 36.7. The molecule has 2 aromatic carbocycles. The van der Waals surface area contributed by atoms with Gasteiger partial charge < -0.3 is 19.7 Å². The van der Waals surface area contributed by atoms with E-state index in [2.05, 4.69) is 61.9 Å². The summed E-state index contributed by atoms with van der Waals surface area (Å²) in [5.74, 6) is 3.03. The average Bonchev–Trinajstić information content (AvgIpc) is 3.21. The van der Waals surface area contributed by atoms with Crippen LogP contribution < -0.4 is 9.47 Å². The van der Waals surface area contributed by atoms with Crippen LogP contribution in [0.25, 0.3) is 11.1 Å². The van der Waals surface area contributed by atoms with Crippen molar-refractivity contribution < 1.29 is 34.4 Å². The number of phenols is 2. The Kier molecular flexibility index (Phi) is 14.2. The number of ether oxygens (including phenoxy) is 2. The molecular weight excluding hydrogens is 755 g/mol. The number of benzene rings is 2. The van der Waals surface area contributed by atoms with Crippen molar-refractivity contribution in [3.05, 3.63) is 124 Å². The molecule has 2 N–H and O–H groups in total. The van der Waals surface area contributed by atoms with Crippen LogP contribution in [0.15, 0.2) is 85.5 Å². The molecule has 0 fully saturated rings. The summed E-state index contributed by atoms with van der Waals surface area (Å²) in [6.45, 7) is 17.6. The smallest absolute Gasteiger partial charge is 0.477 e. The van der Waals surface area contributed by atoms with Gasteiger partial charge in [-0.1, -0.05) is 53.4 Å². The summed E-state index contributed by atoms with van der Waals surface area (Å²) >= 11 is 0. The molecule has 60 heavy (non-hydrogen) atoms. The summed E-state index contributed by atoms with van der Waals surface area (Å²) < 4.78 is 12.7. The molecule has 0 saturated carbocycles. The van der Waals surface area contributed by atoms with Gasteiger partial charge in [0.25, 0.3) is 0 Å². The Hall–Kier alpha value is -5.38. The summed E-state index contributed by atoms with van der Waals surface area (Å²) in [6, 6.07) is 15.7. The number of pyridine rings is 2. The molecule has 10 nitrogen and oxygen atoms in total. The first-order valence-corrected chi connectivity index (χ1v) is 21.7. The monoisotopic (exact) mass is 818 g/mol. The predicted octanol–water partition coefficient (Wildman–Crippen LogP) is 12.0. The van der Waals surface area contributed by atoms with Crippen molar-refractivity contribution in [2.24, 2.45) is 11.8 Å². The molecule has 4 aromatic rings. The summed E-state index contributed by atoms with van der Waals surface area (Å²) in [5.41, 5.74) is 6.39. The molecule has 10 heteroatoms. The van der Waals surface area contributed by atoms with Gasteiger partial charge in [-0.2, -0.15) is 9.68 Å². The molecule has 4 heterocycles. The zero-order valence-corrected chi connectivity index (χ0v) is 36.7. The number of rotatable bonds is 20. The van der Waals surface area contributed by atoms with Crippen LogP contribution in [0.4, 0.5) is 0 Å². The number of hydrogen-bond acceptors (Lipinski definition) is 9. The predicted molar refractivity (Wildman–Crippen MR) is 236 cm³/mol. The standard InChI is InChI=1S/C50H63N3O7/c1-33(35(3)39-27-43(54)47-41(37-17-21-51-22-18-37)31-49(5,6)59-45(47)29-39)15-11-9-13-25-57-53(56)58-26-14-10-12-16-34(2)36(4)40-28-44(55)48-42(38-19-23-52-24-20-38)32-50(7,8)60-46(48)30-40/h17-24,27-36H,9-16,25-26H2,1-8H3,(H-,54,55)/p+1. The summed E-state index contributed by atoms with van der Waals surface area (Å²) in [7, 11) is 0. The minimum Gasteiger partial charge on any atom is -0.507 e. The number of fused-ring (bicyclic) bond motifs is 2. The van der Waals surface area contributed by atoms with Crippen LogP contribution in [0, 0.1) is 16.7 Å². The van der Waals surface area contributed by atoms with Gasteiger partial charge in [-0.25, -0.2) is 0 Å². The van der Waals surface area contributed by atoms with E-state index in [1.165, 1.54) is 0 Å². The van der Waals surface area contributed by atoms with Crippen LogP contribution in [0.5, 0.6) is 23.0 Å². The van der Waals surface area contributed by atoms with Gasteiger partial charge in [0.15, 0.2) is 13.2 Å². The molecule has 0 bridgehead atoms. The highest BCUT2D eigenvalue weighted by Gasteiger charge is 2.32. The van der Waals surface area contributed by atoms with E-state index in [1.54, 1.807) is 24.8 Å². The van der Waals surface area contributed by atoms with Gasteiger partial charge in [0.1, 0.15) is 39.1 Å². The van der Waals surface area contributed by atoms with E-state index in [1.807, 2.05) is 64.1 Å². The molecule has 2 aliphatic heterocycles. The van der Waals surface area contributed by atoms with Crippen molar-refractivity contribution >= 4 is 11.1 Å². The van der Waals surface area contributed by atoms with Crippen LogP contribution in [0.3, 0.4) is 0 Å². The highest BCUT2D eigenvalue weighted by Crippen LogP contribution is 2.48. The Balaban J connectivity index is 0.858.